The zero-order valence-electron chi connectivity index (χ0n) is 19.4. The number of piperazine rings is 1. The Morgan fingerprint density at radius 1 is 0.972 bits per heavy atom. The summed E-state index contributed by atoms with van der Waals surface area (Å²) in [5.74, 6) is -0.302. The first-order valence-electron chi connectivity index (χ1n) is 11.4. The largest absolute Gasteiger partial charge is 0.395 e. The smallest absolute Gasteiger partial charge is 0.243 e. The normalized spacial score (nSPS) is 18.2. The van der Waals surface area contributed by atoms with E-state index in [-0.39, 0.29) is 43.6 Å². The first-order chi connectivity index (χ1) is 17.3. The Labute approximate surface area is 214 Å². The van der Waals surface area contributed by atoms with E-state index in [2.05, 4.69) is 4.98 Å². The molecule has 1 aromatic heterocycles. The standard InChI is InChI=1S/C26H25ClN4O4S/c27-22-3-1-21-16-24(4-2-20(21)15-22)36(34,35)31-14-13-30(25(33)17-31)18-26(19-32)7-11-29(12-8-26)23-5-9-28-10-6-23/h1-12,15-16,32H,13-14,17-19H2. The van der Waals surface area contributed by atoms with E-state index in [1.54, 1.807) is 47.6 Å². The molecular weight excluding hydrogens is 500 g/mol. The lowest BCUT2D eigenvalue weighted by atomic mass is 9.86. The minimum Gasteiger partial charge on any atom is -0.395 e. The number of hydrogen-bond donors (Lipinski definition) is 1. The number of rotatable bonds is 6. The fourth-order valence-electron chi connectivity index (χ4n) is 4.43. The van der Waals surface area contributed by atoms with Gasteiger partial charge in [0.05, 0.1) is 23.5 Å². The van der Waals surface area contributed by atoms with Crippen molar-refractivity contribution in [2.24, 2.45) is 5.41 Å². The molecule has 0 unspecified atom stereocenters. The quantitative estimate of drug-likeness (QED) is 0.532. The molecule has 2 aliphatic rings. The number of carbonyl (C=O) groups excluding carboxylic acids is 1. The fourth-order valence-corrected chi connectivity index (χ4v) is 6.03. The molecule has 3 heterocycles. The molecule has 1 fully saturated rings. The number of amides is 1. The molecule has 0 spiro atoms. The monoisotopic (exact) mass is 524 g/mol. The van der Waals surface area contributed by atoms with Gasteiger partial charge in [0.15, 0.2) is 0 Å². The van der Waals surface area contributed by atoms with Gasteiger partial charge < -0.3 is 14.9 Å². The highest BCUT2D eigenvalue weighted by Gasteiger charge is 2.37. The maximum absolute atomic E-state index is 13.3. The van der Waals surface area contributed by atoms with Crippen LogP contribution in [0.2, 0.25) is 5.02 Å². The molecule has 36 heavy (non-hydrogen) atoms. The maximum atomic E-state index is 13.3. The topological polar surface area (TPSA) is 94.0 Å². The third-order valence-corrected chi connectivity index (χ3v) is 8.65. The fraction of sp³-hybridized carbons (Fsp3) is 0.231. The Kier molecular flexibility index (Phi) is 6.57. The van der Waals surface area contributed by atoms with Gasteiger partial charge in [0, 0.05) is 55.1 Å². The predicted molar refractivity (Wildman–Crippen MR) is 139 cm³/mol. The van der Waals surface area contributed by atoms with Crippen LogP contribution in [0.15, 0.2) is 90.4 Å². The van der Waals surface area contributed by atoms with Gasteiger partial charge in [0.1, 0.15) is 0 Å². The molecule has 186 valence electrons. The number of carbonyl (C=O) groups is 1. The Balaban J connectivity index is 1.28. The van der Waals surface area contributed by atoms with Crippen molar-refractivity contribution in [2.75, 3.05) is 37.7 Å². The van der Waals surface area contributed by atoms with Gasteiger partial charge in [-0.05, 0) is 47.2 Å². The van der Waals surface area contributed by atoms with Crippen LogP contribution in [-0.4, -0.2) is 66.4 Å². The number of hydrogen-bond acceptors (Lipinski definition) is 6. The van der Waals surface area contributed by atoms with Gasteiger partial charge >= 0.3 is 0 Å². The molecule has 0 atom stereocenters. The SMILES string of the molecule is O=C1CN(S(=O)(=O)c2ccc3cc(Cl)ccc3c2)CCN1CC1(CO)C=CN(c2ccncc2)C=C1. The number of halogens is 1. The van der Waals surface area contributed by atoms with Gasteiger partial charge in [-0.2, -0.15) is 4.31 Å². The van der Waals surface area contributed by atoms with Crippen molar-refractivity contribution in [2.45, 2.75) is 4.90 Å². The van der Waals surface area contributed by atoms with Crippen molar-refractivity contribution in [3.8, 4) is 0 Å². The third-order valence-electron chi connectivity index (χ3n) is 6.57. The molecule has 1 N–H and O–H groups in total. The van der Waals surface area contributed by atoms with Crippen molar-refractivity contribution in [3.05, 3.63) is 90.5 Å². The summed E-state index contributed by atoms with van der Waals surface area (Å²) in [6.45, 7) is 0.226. The van der Waals surface area contributed by atoms with E-state index in [1.807, 2.05) is 41.6 Å². The van der Waals surface area contributed by atoms with E-state index in [0.717, 1.165) is 16.5 Å². The van der Waals surface area contributed by atoms with Crippen molar-refractivity contribution in [1.82, 2.24) is 14.2 Å². The van der Waals surface area contributed by atoms with E-state index in [9.17, 15) is 18.3 Å². The zero-order chi connectivity index (χ0) is 25.3. The van der Waals surface area contributed by atoms with Gasteiger partial charge in [0.2, 0.25) is 15.9 Å². The second kappa shape index (κ2) is 9.67. The van der Waals surface area contributed by atoms with Gasteiger partial charge in [-0.15, -0.1) is 0 Å². The van der Waals surface area contributed by atoms with Crippen LogP contribution in [0.3, 0.4) is 0 Å². The molecule has 1 saturated heterocycles. The number of aliphatic hydroxyl groups is 1. The van der Waals surface area contributed by atoms with Gasteiger partial charge in [0.25, 0.3) is 0 Å². The van der Waals surface area contributed by atoms with Crippen LogP contribution in [0.25, 0.3) is 10.8 Å². The number of fused-ring (bicyclic) bond motifs is 1. The second-order valence-electron chi connectivity index (χ2n) is 8.94. The second-order valence-corrected chi connectivity index (χ2v) is 11.3. The maximum Gasteiger partial charge on any atom is 0.243 e. The summed E-state index contributed by atoms with van der Waals surface area (Å²) in [4.78, 5) is 20.7. The highest BCUT2D eigenvalue weighted by atomic mass is 35.5. The van der Waals surface area contributed by atoms with E-state index >= 15 is 0 Å². The minimum absolute atomic E-state index is 0.139. The van der Waals surface area contributed by atoms with E-state index in [0.29, 0.717) is 5.02 Å². The molecule has 1 amide bonds. The van der Waals surface area contributed by atoms with Crippen LogP contribution in [0.5, 0.6) is 0 Å². The summed E-state index contributed by atoms with van der Waals surface area (Å²) in [7, 11) is -3.85. The number of aromatic nitrogens is 1. The summed E-state index contributed by atoms with van der Waals surface area (Å²) < 4.78 is 27.8. The molecule has 0 saturated carbocycles. The van der Waals surface area contributed by atoms with Crippen LogP contribution in [0.4, 0.5) is 5.69 Å². The molecule has 0 radical (unpaired) electrons. The predicted octanol–water partition coefficient (Wildman–Crippen LogP) is 3.25. The molecule has 2 aromatic carbocycles. The third kappa shape index (κ3) is 4.75. The molecule has 8 nitrogen and oxygen atoms in total. The molecule has 0 bridgehead atoms. The lowest BCUT2D eigenvalue weighted by molar-refractivity contribution is -0.135. The van der Waals surface area contributed by atoms with Crippen LogP contribution in [-0.2, 0) is 14.8 Å². The number of benzene rings is 2. The van der Waals surface area contributed by atoms with Crippen LogP contribution < -0.4 is 4.90 Å². The van der Waals surface area contributed by atoms with Crippen molar-refractivity contribution >= 4 is 44.0 Å². The van der Waals surface area contributed by atoms with Crippen LogP contribution >= 0.6 is 11.6 Å². The lowest BCUT2D eigenvalue weighted by Gasteiger charge is -2.39. The lowest BCUT2D eigenvalue weighted by Crippen LogP contribution is -2.54. The number of sulfonamides is 1. The average molecular weight is 525 g/mol. The summed E-state index contributed by atoms with van der Waals surface area (Å²) in [6.07, 6.45) is 10.8. The highest BCUT2D eigenvalue weighted by molar-refractivity contribution is 7.89. The van der Waals surface area contributed by atoms with Gasteiger partial charge in [-0.1, -0.05) is 35.9 Å². The minimum atomic E-state index is -3.85. The Hall–Kier alpha value is -3.24. The highest BCUT2D eigenvalue weighted by Crippen LogP contribution is 2.30. The average Bonchev–Trinajstić information content (AvgIpc) is 2.90. The molecular formula is C26H25ClN4O4S. The summed E-state index contributed by atoms with van der Waals surface area (Å²) in [5.41, 5.74) is 0.176. The van der Waals surface area contributed by atoms with Crippen LogP contribution in [0, 0.1) is 5.41 Å². The van der Waals surface area contributed by atoms with E-state index in [1.165, 1.54) is 10.4 Å². The number of aliphatic hydroxyl groups excluding tert-OH is 1. The van der Waals surface area contributed by atoms with Gasteiger partial charge in [-0.3, -0.25) is 9.78 Å². The van der Waals surface area contributed by atoms with Crippen molar-refractivity contribution in [3.63, 3.8) is 0 Å². The zero-order valence-corrected chi connectivity index (χ0v) is 20.9. The van der Waals surface area contributed by atoms with Crippen molar-refractivity contribution in [1.29, 1.82) is 0 Å². The first kappa shape index (κ1) is 24.5. The molecule has 3 aromatic rings. The summed E-state index contributed by atoms with van der Waals surface area (Å²) >= 11 is 6.03. The Morgan fingerprint density at radius 2 is 1.67 bits per heavy atom. The Bertz CT molecular complexity index is 1450. The van der Waals surface area contributed by atoms with Crippen molar-refractivity contribution < 1.29 is 18.3 Å². The van der Waals surface area contributed by atoms with Crippen LogP contribution in [0.1, 0.15) is 0 Å². The molecule has 10 heteroatoms. The first-order valence-corrected chi connectivity index (χ1v) is 13.3. The summed E-state index contributed by atoms with van der Waals surface area (Å²) in [6, 6.07) is 13.9. The van der Waals surface area contributed by atoms with E-state index in [4.69, 9.17) is 11.6 Å². The summed E-state index contributed by atoms with van der Waals surface area (Å²) in [5, 5.41) is 12.3. The molecule has 5 rings (SSSR count). The Morgan fingerprint density at radius 3 is 2.36 bits per heavy atom. The number of anilines is 1. The van der Waals surface area contributed by atoms with Gasteiger partial charge in [-0.25, -0.2) is 8.42 Å². The molecule has 2 aliphatic heterocycles. The number of nitrogens with zero attached hydrogens (tertiary/aromatic N) is 4. The molecule has 0 aliphatic carbocycles. The van der Waals surface area contributed by atoms with E-state index < -0.39 is 15.4 Å². The number of pyridine rings is 1.